The van der Waals surface area contributed by atoms with Crippen molar-refractivity contribution in [3.05, 3.63) is 29.8 Å². The number of hydrogen-bond acceptors (Lipinski definition) is 4. The minimum absolute atomic E-state index is 0.225. The van der Waals surface area contributed by atoms with Crippen molar-refractivity contribution < 1.29 is 9.53 Å². The largest absolute Gasteiger partial charge is 0.378 e. The summed E-state index contributed by atoms with van der Waals surface area (Å²) in [5, 5.41) is 6.80. The van der Waals surface area contributed by atoms with Gasteiger partial charge in [-0.1, -0.05) is 19.1 Å². The van der Waals surface area contributed by atoms with Crippen LogP contribution in [0.25, 0.3) is 0 Å². The summed E-state index contributed by atoms with van der Waals surface area (Å²) >= 11 is 0. The number of likely N-dealkylation sites (tertiary alicyclic amines) is 1. The summed E-state index contributed by atoms with van der Waals surface area (Å²) in [6, 6.07) is 8.91. The summed E-state index contributed by atoms with van der Waals surface area (Å²) in [6.45, 7) is 7.70. The normalized spacial score (nSPS) is 20.7. The van der Waals surface area contributed by atoms with Crippen LogP contribution in [0.3, 0.4) is 0 Å². The van der Waals surface area contributed by atoms with Crippen LogP contribution in [-0.2, 0) is 16.1 Å². The highest BCUT2D eigenvalue weighted by Crippen LogP contribution is 2.16. The quantitative estimate of drug-likeness (QED) is 0.600. The molecule has 0 saturated carbocycles. The summed E-state index contributed by atoms with van der Waals surface area (Å²) in [5.74, 6) is 1.01. The van der Waals surface area contributed by atoms with Crippen LogP contribution < -0.4 is 15.5 Å². The number of carbonyl (C=O) groups is 1. The average Bonchev–Trinajstić information content (AvgIpc) is 3.20. The summed E-state index contributed by atoms with van der Waals surface area (Å²) in [5.41, 5.74) is 2.46. The fourth-order valence-corrected chi connectivity index (χ4v) is 3.55. The lowest BCUT2D eigenvalue weighted by molar-refractivity contribution is -0.129. The number of nitrogens with zero attached hydrogens (tertiary/aromatic N) is 3. The second-order valence-corrected chi connectivity index (χ2v) is 7.01. The molecule has 1 aromatic rings. The van der Waals surface area contributed by atoms with Gasteiger partial charge in [-0.05, 0) is 24.1 Å². The first-order chi connectivity index (χ1) is 13.2. The molecule has 2 heterocycles. The minimum atomic E-state index is 0.225. The summed E-state index contributed by atoms with van der Waals surface area (Å²) in [7, 11) is 1.78. The van der Waals surface area contributed by atoms with Crippen molar-refractivity contribution in [3.8, 4) is 0 Å². The van der Waals surface area contributed by atoms with Gasteiger partial charge in [0.1, 0.15) is 0 Å². The number of rotatable bonds is 5. The van der Waals surface area contributed by atoms with Gasteiger partial charge in [-0.3, -0.25) is 9.79 Å². The lowest BCUT2D eigenvalue weighted by Gasteiger charge is -2.29. The number of morpholine rings is 1. The first kappa shape index (κ1) is 19.5. The van der Waals surface area contributed by atoms with Gasteiger partial charge >= 0.3 is 0 Å². The minimum Gasteiger partial charge on any atom is -0.378 e. The molecule has 7 heteroatoms. The SMILES string of the molecule is CCC(=O)N1CCC(NC(=NC)NCc2ccc(N3CCOCC3)cc2)C1. The number of aliphatic imine (C=N–C) groups is 1. The maximum Gasteiger partial charge on any atom is 0.222 e. The lowest BCUT2D eigenvalue weighted by Crippen LogP contribution is -2.44. The number of hydrogen-bond donors (Lipinski definition) is 2. The van der Waals surface area contributed by atoms with Crippen molar-refractivity contribution in [1.29, 1.82) is 0 Å². The highest BCUT2D eigenvalue weighted by molar-refractivity contribution is 5.80. The first-order valence-electron chi connectivity index (χ1n) is 9.86. The van der Waals surface area contributed by atoms with Crippen molar-refractivity contribution in [1.82, 2.24) is 15.5 Å². The van der Waals surface area contributed by atoms with Crippen LogP contribution in [0.1, 0.15) is 25.3 Å². The van der Waals surface area contributed by atoms with Crippen LogP contribution in [0.15, 0.2) is 29.3 Å². The predicted octanol–water partition coefficient (Wildman–Crippen LogP) is 1.20. The molecule has 2 N–H and O–H groups in total. The maximum atomic E-state index is 11.8. The Balaban J connectivity index is 1.46. The smallest absolute Gasteiger partial charge is 0.222 e. The molecule has 1 amide bonds. The van der Waals surface area contributed by atoms with E-state index < -0.39 is 0 Å². The molecule has 148 valence electrons. The molecule has 0 aromatic heterocycles. The number of amides is 1. The van der Waals surface area contributed by atoms with Gasteiger partial charge in [0.05, 0.1) is 13.2 Å². The van der Waals surface area contributed by atoms with Crippen molar-refractivity contribution in [2.75, 3.05) is 51.3 Å². The zero-order chi connectivity index (χ0) is 19.1. The molecule has 1 unspecified atom stereocenters. The molecule has 2 aliphatic rings. The Bertz CT molecular complexity index is 640. The molecule has 0 aliphatic carbocycles. The van der Waals surface area contributed by atoms with Crippen LogP contribution in [0.5, 0.6) is 0 Å². The van der Waals surface area contributed by atoms with Crippen LogP contribution in [0.4, 0.5) is 5.69 Å². The molecular formula is C20H31N5O2. The molecule has 0 bridgehead atoms. The number of anilines is 1. The molecule has 0 radical (unpaired) electrons. The molecule has 2 saturated heterocycles. The molecule has 7 nitrogen and oxygen atoms in total. The number of carbonyl (C=O) groups excluding carboxylic acids is 1. The first-order valence-corrected chi connectivity index (χ1v) is 9.86. The molecule has 2 fully saturated rings. The second kappa shape index (κ2) is 9.60. The number of guanidine groups is 1. The van der Waals surface area contributed by atoms with E-state index in [4.69, 9.17) is 4.74 Å². The van der Waals surface area contributed by atoms with E-state index in [1.165, 1.54) is 11.3 Å². The number of ether oxygens (including phenoxy) is 1. The Morgan fingerprint density at radius 3 is 2.63 bits per heavy atom. The molecule has 1 atom stereocenters. The third-order valence-electron chi connectivity index (χ3n) is 5.18. The fraction of sp³-hybridized carbons (Fsp3) is 0.600. The zero-order valence-electron chi connectivity index (χ0n) is 16.4. The third kappa shape index (κ3) is 5.35. The van der Waals surface area contributed by atoms with E-state index in [9.17, 15) is 4.79 Å². The van der Waals surface area contributed by atoms with E-state index in [2.05, 4.69) is 44.8 Å². The van der Waals surface area contributed by atoms with Crippen molar-refractivity contribution in [2.24, 2.45) is 4.99 Å². The van der Waals surface area contributed by atoms with Gasteiger partial charge in [0, 0.05) is 57.9 Å². The van der Waals surface area contributed by atoms with E-state index in [1.807, 2.05) is 11.8 Å². The van der Waals surface area contributed by atoms with Crippen molar-refractivity contribution in [3.63, 3.8) is 0 Å². The van der Waals surface area contributed by atoms with E-state index in [1.54, 1.807) is 7.05 Å². The predicted molar refractivity (Wildman–Crippen MR) is 108 cm³/mol. The van der Waals surface area contributed by atoms with E-state index in [0.717, 1.165) is 51.8 Å². The van der Waals surface area contributed by atoms with Crippen molar-refractivity contribution >= 4 is 17.6 Å². The number of nitrogens with one attached hydrogen (secondary N) is 2. The van der Waals surface area contributed by atoms with Gasteiger partial charge in [0.15, 0.2) is 5.96 Å². The molecule has 27 heavy (non-hydrogen) atoms. The van der Waals surface area contributed by atoms with Crippen LogP contribution in [0, 0.1) is 0 Å². The summed E-state index contributed by atoms with van der Waals surface area (Å²) < 4.78 is 5.41. The molecule has 0 spiro atoms. The molecule has 2 aliphatic heterocycles. The maximum absolute atomic E-state index is 11.8. The van der Waals surface area contributed by atoms with Gasteiger partial charge in [-0.25, -0.2) is 0 Å². The highest BCUT2D eigenvalue weighted by atomic mass is 16.5. The average molecular weight is 374 g/mol. The number of benzene rings is 1. The van der Waals surface area contributed by atoms with Gasteiger partial charge in [0.25, 0.3) is 0 Å². The van der Waals surface area contributed by atoms with Gasteiger partial charge in [-0.15, -0.1) is 0 Å². The van der Waals surface area contributed by atoms with Crippen LogP contribution >= 0.6 is 0 Å². The molecule has 1 aromatic carbocycles. The Labute approximate surface area is 161 Å². The summed E-state index contributed by atoms with van der Waals surface area (Å²) in [4.78, 5) is 20.4. The third-order valence-corrected chi connectivity index (χ3v) is 5.18. The Morgan fingerprint density at radius 2 is 1.96 bits per heavy atom. The Kier molecular flexibility index (Phi) is 6.92. The van der Waals surface area contributed by atoms with Crippen LogP contribution in [-0.4, -0.2) is 69.2 Å². The molecule has 3 rings (SSSR count). The monoisotopic (exact) mass is 373 g/mol. The standard InChI is InChI=1S/C20H31N5O2/c1-3-19(26)25-9-8-17(15-25)23-20(21-2)22-14-16-4-6-18(7-5-16)24-10-12-27-13-11-24/h4-7,17H,3,8-15H2,1-2H3,(H2,21,22,23). The fourth-order valence-electron chi connectivity index (χ4n) is 3.55. The van der Waals surface area contributed by atoms with E-state index in [-0.39, 0.29) is 11.9 Å². The van der Waals surface area contributed by atoms with E-state index in [0.29, 0.717) is 13.0 Å². The Morgan fingerprint density at radius 1 is 1.22 bits per heavy atom. The summed E-state index contributed by atoms with van der Waals surface area (Å²) in [6.07, 6.45) is 1.53. The topological polar surface area (TPSA) is 69.2 Å². The van der Waals surface area contributed by atoms with Crippen molar-refractivity contribution in [2.45, 2.75) is 32.4 Å². The van der Waals surface area contributed by atoms with Crippen LogP contribution in [0.2, 0.25) is 0 Å². The van der Waals surface area contributed by atoms with Gasteiger partial charge in [-0.2, -0.15) is 0 Å². The van der Waals surface area contributed by atoms with E-state index >= 15 is 0 Å². The highest BCUT2D eigenvalue weighted by Gasteiger charge is 2.25. The second-order valence-electron chi connectivity index (χ2n) is 7.01. The molecular weight excluding hydrogens is 342 g/mol. The zero-order valence-corrected chi connectivity index (χ0v) is 16.4. The van der Waals surface area contributed by atoms with Gasteiger partial charge in [0.2, 0.25) is 5.91 Å². The lowest BCUT2D eigenvalue weighted by atomic mass is 10.2. The Hall–Kier alpha value is -2.28. The van der Waals surface area contributed by atoms with Gasteiger partial charge < -0.3 is 25.2 Å².